The molecule has 7 heteroatoms. The van der Waals surface area contributed by atoms with Crippen LogP contribution in [0.1, 0.15) is 24.2 Å². The quantitative estimate of drug-likeness (QED) is 0.647. The van der Waals surface area contributed by atoms with Crippen molar-refractivity contribution in [1.82, 2.24) is 10.2 Å². The average molecular weight is 314 g/mol. The van der Waals surface area contributed by atoms with Crippen molar-refractivity contribution >= 4 is 23.2 Å². The van der Waals surface area contributed by atoms with Crippen LogP contribution >= 0.6 is 11.6 Å². The van der Waals surface area contributed by atoms with E-state index in [1.165, 1.54) is 18.2 Å². The lowest BCUT2D eigenvalue weighted by Crippen LogP contribution is -2.40. The van der Waals surface area contributed by atoms with Gasteiger partial charge in [0.25, 0.3) is 11.6 Å². The number of amides is 1. The Kier molecular flexibility index (Phi) is 5.69. The van der Waals surface area contributed by atoms with Crippen LogP contribution in [0.5, 0.6) is 0 Å². The Morgan fingerprint density at radius 3 is 2.52 bits per heavy atom. The zero-order valence-electron chi connectivity index (χ0n) is 12.6. The number of hydrogen-bond donors (Lipinski definition) is 1. The summed E-state index contributed by atoms with van der Waals surface area (Å²) in [6, 6.07) is 3.82. The van der Waals surface area contributed by atoms with Crippen LogP contribution in [0.25, 0.3) is 0 Å². The van der Waals surface area contributed by atoms with Gasteiger partial charge < -0.3 is 10.2 Å². The third-order valence-electron chi connectivity index (χ3n) is 2.88. The molecule has 0 unspecified atom stereocenters. The number of rotatable bonds is 6. The monoisotopic (exact) mass is 313 g/mol. The molecule has 1 N–H and O–H groups in total. The van der Waals surface area contributed by atoms with E-state index < -0.39 is 4.92 Å². The average Bonchev–Trinajstić information content (AvgIpc) is 2.34. The molecule has 0 aromatic heterocycles. The second-order valence-electron chi connectivity index (χ2n) is 6.01. The number of nitro groups is 1. The summed E-state index contributed by atoms with van der Waals surface area (Å²) in [5.74, 6) is -0.332. The number of carbonyl (C=O) groups excluding carboxylic acids is 1. The first kappa shape index (κ1) is 17.4. The van der Waals surface area contributed by atoms with E-state index in [9.17, 15) is 14.9 Å². The predicted octanol–water partition coefficient (Wildman–Crippen LogP) is 2.57. The topological polar surface area (TPSA) is 75.5 Å². The maximum atomic E-state index is 12.1. The van der Waals surface area contributed by atoms with E-state index in [2.05, 4.69) is 5.32 Å². The fourth-order valence-electron chi connectivity index (χ4n) is 2.13. The minimum absolute atomic E-state index is 0.0760. The van der Waals surface area contributed by atoms with Crippen LogP contribution < -0.4 is 5.32 Å². The number of nitrogens with zero attached hydrogens (tertiary/aromatic N) is 2. The molecule has 0 radical (unpaired) electrons. The summed E-state index contributed by atoms with van der Waals surface area (Å²) in [7, 11) is 3.94. The number of carbonyl (C=O) groups is 1. The molecule has 0 aliphatic heterocycles. The van der Waals surface area contributed by atoms with Crippen LogP contribution in [-0.4, -0.2) is 42.9 Å². The highest BCUT2D eigenvalue weighted by Crippen LogP contribution is 2.23. The van der Waals surface area contributed by atoms with Crippen molar-refractivity contribution in [3.63, 3.8) is 0 Å². The molecular formula is C14H20ClN3O3. The zero-order chi connectivity index (χ0) is 16.2. The second-order valence-corrected chi connectivity index (χ2v) is 6.41. The number of non-ortho nitro benzene ring substituents is 1. The molecule has 0 saturated carbocycles. The van der Waals surface area contributed by atoms with Crippen LogP contribution in [0, 0.1) is 15.5 Å². The molecule has 116 valence electrons. The van der Waals surface area contributed by atoms with Gasteiger partial charge in [-0.05, 0) is 25.6 Å². The first-order chi connectivity index (χ1) is 9.62. The van der Waals surface area contributed by atoms with Gasteiger partial charge in [0.2, 0.25) is 0 Å². The smallest absolute Gasteiger partial charge is 0.270 e. The SMILES string of the molecule is CN(C)CC(C)(C)CNC(=O)c1ccc([N+](=O)[O-])cc1Cl. The zero-order valence-corrected chi connectivity index (χ0v) is 13.4. The van der Waals surface area contributed by atoms with E-state index >= 15 is 0 Å². The largest absolute Gasteiger partial charge is 0.351 e. The fourth-order valence-corrected chi connectivity index (χ4v) is 2.39. The highest BCUT2D eigenvalue weighted by atomic mass is 35.5. The molecule has 21 heavy (non-hydrogen) atoms. The third-order valence-corrected chi connectivity index (χ3v) is 3.19. The number of nitro benzene ring substituents is 1. The molecule has 0 atom stereocenters. The molecule has 0 saturated heterocycles. The summed E-state index contributed by atoms with van der Waals surface area (Å²) in [5.41, 5.74) is 0.0132. The molecule has 1 amide bonds. The molecular weight excluding hydrogens is 294 g/mol. The highest BCUT2D eigenvalue weighted by molar-refractivity contribution is 6.34. The van der Waals surface area contributed by atoms with Crippen LogP contribution in [0.3, 0.4) is 0 Å². The first-order valence-corrected chi connectivity index (χ1v) is 6.87. The van der Waals surface area contributed by atoms with Crippen molar-refractivity contribution in [1.29, 1.82) is 0 Å². The molecule has 0 aliphatic carbocycles. The highest BCUT2D eigenvalue weighted by Gasteiger charge is 2.21. The molecule has 6 nitrogen and oxygen atoms in total. The summed E-state index contributed by atoms with van der Waals surface area (Å²) < 4.78 is 0. The first-order valence-electron chi connectivity index (χ1n) is 6.49. The van der Waals surface area contributed by atoms with E-state index in [4.69, 9.17) is 11.6 Å². The maximum Gasteiger partial charge on any atom is 0.270 e. The van der Waals surface area contributed by atoms with Crippen molar-refractivity contribution in [3.05, 3.63) is 38.9 Å². The molecule has 0 spiro atoms. The Labute approximate surface area is 129 Å². The lowest BCUT2D eigenvalue weighted by atomic mass is 9.93. The van der Waals surface area contributed by atoms with Crippen molar-refractivity contribution in [2.75, 3.05) is 27.2 Å². The molecule has 1 aromatic carbocycles. The van der Waals surface area contributed by atoms with Gasteiger partial charge in [-0.3, -0.25) is 14.9 Å². The molecule has 1 aromatic rings. The normalized spacial score (nSPS) is 11.5. The minimum Gasteiger partial charge on any atom is -0.351 e. The van der Waals surface area contributed by atoms with E-state index in [-0.39, 0.29) is 27.6 Å². The maximum absolute atomic E-state index is 12.1. The Balaban J connectivity index is 2.74. The van der Waals surface area contributed by atoms with Crippen LogP contribution in [0.2, 0.25) is 5.02 Å². The lowest BCUT2D eigenvalue weighted by molar-refractivity contribution is -0.384. The molecule has 0 heterocycles. The molecule has 1 rings (SSSR count). The lowest BCUT2D eigenvalue weighted by Gasteiger charge is -2.28. The summed E-state index contributed by atoms with van der Waals surface area (Å²) >= 11 is 5.93. The summed E-state index contributed by atoms with van der Waals surface area (Å²) in [5, 5.41) is 13.5. The Morgan fingerprint density at radius 2 is 2.05 bits per heavy atom. The van der Waals surface area contributed by atoms with Crippen LogP contribution in [0.15, 0.2) is 18.2 Å². The number of nitrogens with one attached hydrogen (secondary N) is 1. The van der Waals surface area contributed by atoms with E-state index in [1.807, 2.05) is 32.8 Å². The van der Waals surface area contributed by atoms with Crippen molar-refractivity contribution in [2.24, 2.45) is 5.41 Å². The van der Waals surface area contributed by atoms with Crippen LogP contribution in [-0.2, 0) is 0 Å². The van der Waals surface area contributed by atoms with Gasteiger partial charge in [0.15, 0.2) is 0 Å². The van der Waals surface area contributed by atoms with E-state index in [1.54, 1.807) is 0 Å². The van der Waals surface area contributed by atoms with Gasteiger partial charge in [-0.1, -0.05) is 25.4 Å². The number of hydrogen-bond acceptors (Lipinski definition) is 4. The van der Waals surface area contributed by atoms with Gasteiger partial charge in [-0.2, -0.15) is 0 Å². The van der Waals surface area contributed by atoms with Gasteiger partial charge in [0, 0.05) is 25.2 Å². The summed E-state index contributed by atoms with van der Waals surface area (Å²) in [4.78, 5) is 24.2. The standard InChI is InChI=1S/C14H20ClN3O3/c1-14(2,9-17(3)4)8-16-13(19)11-6-5-10(18(20)21)7-12(11)15/h5-7H,8-9H2,1-4H3,(H,16,19). The Hall–Kier alpha value is -1.66. The van der Waals surface area contributed by atoms with Crippen molar-refractivity contribution in [3.8, 4) is 0 Å². The van der Waals surface area contributed by atoms with Gasteiger partial charge in [-0.25, -0.2) is 0 Å². The number of benzene rings is 1. The van der Waals surface area contributed by atoms with Gasteiger partial charge in [-0.15, -0.1) is 0 Å². The molecule has 0 aliphatic rings. The van der Waals surface area contributed by atoms with Gasteiger partial charge in [0.05, 0.1) is 15.5 Å². The number of halogens is 1. The summed E-state index contributed by atoms with van der Waals surface area (Å²) in [6.45, 7) is 5.40. The third kappa shape index (κ3) is 5.32. The van der Waals surface area contributed by atoms with E-state index in [0.29, 0.717) is 6.54 Å². The Morgan fingerprint density at radius 1 is 1.43 bits per heavy atom. The summed E-state index contributed by atoms with van der Waals surface area (Å²) in [6.07, 6.45) is 0. The Bertz CT molecular complexity index is 544. The minimum atomic E-state index is -0.548. The molecule has 0 fully saturated rings. The van der Waals surface area contributed by atoms with Crippen molar-refractivity contribution < 1.29 is 9.72 Å². The molecule has 0 bridgehead atoms. The fraction of sp³-hybridized carbons (Fsp3) is 0.500. The van der Waals surface area contributed by atoms with Crippen molar-refractivity contribution in [2.45, 2.75) is 13.8 Å². The van der Waals surface area contributed by atoms with Gasteiger partial charge in [0.1, 0.15) is 0 Å². The second kappa shape index (κ2) is 6.87. The van der Waals surface area contributed by atoms with Crippen LogP contribution in [0.4, 0.5) is 5.69 Å². The van der Waals surface area contributed by atoms with E-state index in [0.717, 1.165) is 6.54 Å². The van der Waals surface area contributed by atoms with Gasteiger partial charge >= 0.3 is 0 Å². The predicted molar refractivity (Wildman–Crippen MR) is 82.8 cm³/mol.